The van der Waals surface area contributed by atoms with Gasteiger partial charge < -0.3 is 5.73 Å². The molecular formula is C14H29N3O2S. The molecule has 0 atom stereocenters. The van der Waals surface area contributed by atoms with E-state index in [9.17, 15) is 8.42 Å². The quantitative estimate of drug-likeness (QED) is 0.857. The molecule has 1 heterocycles. The molecule has 1 aliphatic heterocycles. The lowest BCUT2D eigenvalue weighted by Gasteiger charge is -2.46. The van der Waals surface area contributed by atoms with Crippen LogP contribution in [0.5, 0.6) is 0 Å². The number of hydrogen-bond acceptors (Lipinski definition) is 3. The molecule has 2 N–H and O–H groups in total. The summed E-state index contributed by atoms with van der Waals surface area (Å²) in [6, 6.07) is 0. The van der Waals surface area contributed by atoms with Crippen LogP contribution in [0, 0.1) is 5.92 Å². The summed E-state index contributed by atoms with van der Waals surface area (Å²) in [6.45, 7) is 3.97. The summed E-state index contributed by atoms with van der Waals surface area (Å²) in [5, 5.41) is 0. The minimum atomic E-state index is -3.36. The highest BCUT2D eigenvalue weighted by Crippen LogP contribution is 2.37. The van der Waals surface area contributed by atoms with Gasteiger partial charge in [-0.15, -0.1) is 0 Å². The Morgan fingerprint density at radius 3 is 2.25 bits per heavy atom. The molecule has 1 saturated heterocycles. The first-order chi connectivity index (χ1) is 9.42. The van der Waals surface area contributed by atoms with E-state index in [0.29, 0.717) is 25.6 Å². The van der Waals surface area contributed by atoms with E-state index in [0.717, 1.165) is 44.9 Å². The van der Waals surface area contributed by atoms with Gasteiger partial charge in [0.15, 0.2) is 0 Å². The monoisotopic (exact) mass is 303 g/mol. The van der Waals surface area contributed by atoms with Crippen molar-refractivity contribution < 1.29 is 8.42 Å². The van der Waals surface area contributed by atoms with Gasteiger partial charge >= 0.3 is 0 Å². The van der Waals surface area contributed by atoms with Crippen LogP contribution in [0.3, 0.4) is 0 Å². The van der Waals surface area contributed by atoms with E-state index in [-0.39, 0.29) is 5.54 Å². The molecule has 0 aromatic carbocycles. The lowest BCUT2D eigenvalue weighted by atomic mass is 9.77. The smallest absolute Gasteiger partial charge is 0.282 e. The van der Waals surface area contributed by atoms with Gasteiger partial charge in [0.2, 0.25) is 0 Å². The number of rotatable bonds is 4. The molecule has 0 amide bonds. The molecule has 1 saturated carbocycles. The maximum atomic E-state index is 12.8. The Balaban J connectivity index is 2.16. The van der Waals surface area contributed by atoms with Crippen LogP contribution in [0.4, 0.5) is 0 Å². The molecule has 6 heteroatoms. The standard InChI is InChI=1S/C14H29N3O2S/c1-13-6-8-14(12-15,9-7-13)16(2)20(18,19)17-10-4-3-5-11-17/h13H,3-12,15H2,1-2H3. The number of hydrogen-bond donors (Lipinski definition) is 1. The van der Waals surface area contributed by atoms with E-state index in [2.05, 4.69) is 6.92 Å². The maximum absolute atomic E-state index is 12.8. The molecule has 0 aromatic rings. The van der Waals surface area contributed by atoms with Gasteiger partial charge in [-0.1, -0.05) is 13.3 Å². The molecule has 0 aromatic heterocycles. The minimum absolute atomic E-state index is 0.372. The van der Waals surface area contributed by atoms with Crippen molar-refractivity contribution in [3.05, 3.63) is 0 Å². The zero-order valence-electron chi connectivity index (χ0n) is 12.8. The van der Waals surface area contributed by atoms with Crippen molar-refractivity contribution in [1.29, 1.82) is 0 Å². The molecule has 2 fully saturated rings. The topological polar surface area (TPSA) is 66.6 Å². The predicted molar refractivity (Wildman–Crippen MR) is 81.5 cm³/mol. The van der Waals surface area contributed by atoms with Crippen LogP contribution in [0.15, 0.2) is 0 Å². The Labute approximate surface area is 123 Å². The highest BCUT2D eigenvalue weighted by atomic mass is 32.2. The summed E-state index contributed by atoms with van der Waals surface area (Å²) >= 11 is 0. The number of piperidine rings is 1. The van der Waals surface area contributed by atoms with Crippen molar-refractivity contribution in [3.8, 4) is 0 Å². The Bertz CT molecular complexity index is 410. The molecule has 1 aliphatic carbocycles. The molecule has 2 aliphatic rings. The van der Waals surface area contributed by atoms with Crippen LogP contribution in [0.2, 0.25) is 0 Å². The summed E-state index contributed by atoms with van der Waals surface area (Å²) in [5.74, 6) is 0.681. The fourth-order valence-corrected chi connectivity index (χ4v) is 5.27. The zero-order chi connectivity index (χ0) is 14.8. The third-order valence-corrected chi connectivity index (χ3v) is 7.34. The summed E-state index contributed by atoms with van der Waals surface area (Å²) in [4.78, 5) is 0. The highest BCUT2D eigenvalue weighted by Gasteiger charge is 2.44. The third kappa shape index (κ3) is 3.03. The first kappa shape index (κ1) is 16.2. The maximum Gasteiger partial charge on any atom is 0.282 e. The molecule has 0 radical (unpaired) electrons. The van der Waals surface area contributed by atoms with E-state index >= 15 is 0 Å². The van der Waals surface area contributed by atoms with Gasteiger partial charge in [-0.25, -0.2) is 0 Å². The fourth-order valence-electron chi connectivity index (χ4n) is 3.46. The van der Waals surface area contributed by atoms with E-state index in [1.807, 2.05) is 0 Å². The van der Waals surface area contributed by atoms with Crippen LogP contribution in [-0.4, -0.2) is 49.2 Å². The second kappa shape index (κ2) is 6.30. The van der Waals surface area contributed by atoms with E-state index in [4.69, 9.17) is 5.73 Å². The first-order valence-electron chi connectivity index (χ1n) is 7.86. The van der Waals surface area contributed by atoms with Crippen molar-refractivity contribution in [2.45, 2.75) is 57.4 Å². The fraction of sp³-hybridized carbons (Fsp3) is 1.00. The van der Waals surface area contributed by atoms with Crippen LogP contribution in [-0.2, 0) is 10.2 Å². The van der Waals surface area contributed by atoms with Gasteiger partial charge in [-0.05, 0) is 44.4 Å². The summed E-state index contributed by atoms with van der Waals surface area (Å²) in [5.41, 5.74) is 5.61. The SMILES string of the molecule is CC1CCC(CN)(N(C)S(=O)(=O)N2CCCCC2)CC1. The molecule has 0 unspecified atom stereocenters. The Morgan fingerprint density at radius 1 is 1.20 bits per heavy atom. The first-order valence-corrected chi connectivity index (χ1v) is 9.26. The van der Waals surface area contributed by atoms with Crippen molar-refractivity contribution in [1.82, 2.24) is 8.61 Å². The van der Waals surface area contributed by atoms with E-state index in [1.165, 1.54) is 0 Å². The molecule has 2 rings (SSSR count). The molecule has 0 spiro atoms. The zero-order valence-corrected chi connectivity index (χ0v) is 13.7. The second-order valence-corrected chi connectivity index (χ2v) is 8.51. The molecule has 0 bridgehead atoms. The van der Waals surface area contributed by atoms with Crippen molar-refractivity contribution in [3.63, 3.8) is 0 Å². The van der Waals surface area contributed by atoms with Crippen LogP contribution < -0.4 is 5.73 Å². The largest absolute Gasteiger partial charge is 0.329 e. The number of nitrogens with zero attached hydrogens (tertiary/aromatic N) is 2. The molecule has 20 heavy (non-hydrogen) atoms. The van der Waals surface area contributed by atoms with E-state index in [1.54, 1.807) is 15.7 Å². The van der Waals surface area contributed by atoms with Gasteiger partial charge in [0.1, 0.15) is 0 Å². The van der Waals surface area contributed by atoms with Gasteiger partial charge in [0.05, 0.1) is 0 Å². The van der Waals surface area contributed by atoms with Crippen molar-refractivity contribution in [2.75, 3.05) is 26.7 Å². The normalized spacial score (nSPS) is 33.5. The minimum Gasteiger partial charge on any atom is -0.329 e. The predicted octanol–water partition coefficient (Wildman–Crippen LogP) is 1.56. The van der Waals surface area contributed by atoms with Crippen LogP contribution in [0.1, 0.15) is 51.9 Å². The Hall–Kier alpha value is -0.170. The molecule has 118 valence electrons. The van der Waals surface area contributed by atoms with Gasteiger partial charge in [-0.2, -0.15) is 17.0 Å². The summed E-state index contributed by atoms with van der Waals surface area (Å²) in [6.07, 6.45) is 6.98. The third-order valence-electron chi connectivity index (χ3n) is 5.24. The Kier molecular flexibility index (Phi) is 5.10. The molecule has 5 nitrogen and oxygen atoms in total. The van der Waals surface area contributed by atoms with Crippen molar-refractivity contribution >= 4 is 10.2 Å². The second-order valence-electron chi connectivity index (χ2n) is 6.55. The highest BCUT2D eigenvalue weighted by molar-refractivity contribution is 7.86. The summed E-state index contributed by atoms with van der Waals surface area (Å²) in [7, 11) is -1.63. The average molecular weight is 303 g/mol. The number of likely N-dealkylation sites (N-methyl/N-ethyl adjacent to an activating group) is 1. The van der Waals surface area contributed by atoms with Gasteiger partial charge in [0, 0.05) is 32.2 Å². The lowest BCUT2D eigenvalue weighted by Crippen LogP contribution is -2.59. The van der Waals surface area contributed by atoms with Crippen molar-refractivity contribution in [2.24, 2.45) is 11.7 Å². The number of nitrogens with two attached hydrogens (primary N) is 1. The Morgan fingerprint density at radius 2 is 1.75 bits per heavy atom. The van der Waals surface area contributed by atoms with Gasteiger partial charge in [0.25, 0.3) is 10.2 Å². The summed E-state index contributed by atoms with van der Waals surface area (Å²) < 4.78 is 28.9. The lowest BCUT2D eigenvalue weighted by molar-refractivity contribution is 0.126. The van der Waals surface area contributed by atoms with Crippen LogP contribution >= 0.6 is 0 Å². The van der Waals surface area contributed by atoms with E-state index < -0.39 is 10.2 Å². The van der Waals surface area contributed by atoms with Gasteiger partial charge in [-0.3, -0.25) is 0 Å². The van der Waals surface area contributed by atoms with Crippen LogP contribution in [0.25, 0.3) is 0 Å². The average Bonchev–Trinajstić information content (AvgIpc) is 2.48. The molecular weight excluding hydrogens is 274 g/mol.